The Bertz CT molecular complexity index is 915. The van der Waals surface area contributed by atoms with Crippen LogP contribution in [0.4, 0.5) is 0 Å². The van der Waals surface area contributed by atoms with E-state index in [1.165, 1.54) is 18.4 Å². The van der Waals surface area contributed by atoms with Crippen molar-refractivity contribution in [2.24, 2.45) is 11.8 Å². The maximum atomic E-state index is 9.11. The molecule has 0 saturated heterocycles. The number of hydrogen-bond donors (Lipinski definition) is 1. The molecule has 1 atom stereocenters. The third-order valence-electron chi connectivity index (χ3n) is 5.25. The lowest BCUT2D eigenvalue weighted by atomic mass is 10.1. The Hall–Kier alpha value is -2.25. The number of rotatable bonds is 9. The van der Waals surface area contributed by atoms with Crippen molar-refractivity contribution in [3.05, 3.63) is 46.9 Å². The quantitative estimate of drug-likeness (QED) is 0.597. The second-order valence-corrected chi connectivity index (χ2v) is 8.00. The van der Waals surface area contributed by atoms with Crippen LogP contribution in [0.5, 0.6) is 0 Å². The van der Waals surface area contributed by atoms with Gasteiger partial charge in [0.05, 0.1) is 19.3 Å². The predicted molar refractivity (Wildman–Crippen MR) is 107 cm³/mol. The van der Waals surface area contributed by atoms with E-state index in [0.29, 0.717) is 18.2 Å². The van der Waals surface area contributed by atoms with Crippen molar-refractivity contribution in [2.45, 2.75) is 45.7 Å². The highest BCUT2D eigenvalue weighted by Crippen LogP contribution is 2.37. The monoisotopic (exact) mass is 400 g/mol. The van der Waals surface area contributed by atoms with E-state index >= 15 is 0 Å². The molecule has 28 heavy (non-hydrogen) atoms. The second kappa shape index (κ2) is 8.41. The molecular formula is C20H25ClN6O. The number of aliphatic hydroxyl groups is 1. The molecule has 1 aromatic carbocycles. The Labute approximate surface area is 169 Å². The zero-order valence-corrected chi connectivity index (χ0v) is 16.8. The number of halogens is 1. The highest BCUT2D eigenvalue weighted by Gasteiger charge is 2.29. The summed E-state index contributed by atoms with van der Waals surface area (Å²) in [5, 5.41) is 22.9. The molecule has 7 nitrogen and oxygen atoms in total. The summed E-state index contributed by atoms with van der Waals surface area (Å²) in [4.78, 5) is 4.77. The summed E-state index contributed by atoms with van der Waals surface area (Å²) in [7, 11) is 0. The van der Waals surface area contributed by atoms with Crippen LogP contribution in [0, 0.1) is 11.8 Å². The highest BCUT2D eigenvalue weighted by atomic mass is 35.5. The van der Waals surface area contributed by atoms with E-state index in [4.69, 9.17) is 26.8 Å². The van der Waals surface area contributed by atoms with Crippen LogP contribution in [0.25, 0.3) is 11.5 Å². The fourth-order valence-electron chi connectivity index (χ4n) is 3.42. The molecule has 148 valence electrons. The fraction of sp³-hybridized carbons (Fsp3) is 0.500. The summed E-state index contributed by atoms with van der Waals surface area (Å²) >= 11 is 5.97. The normalized spacial score (nSPS) is 15.1. The zero-order chi connectivity index (χ0) is 19.5. The van der Waals surface area contributed by atoms with E-state index in [1.807, 2.05) is 35.1 Å². The topological polar surface area (TPSA) is 81.7 Å². The van der Waals surface area contributed by atoms with Gasteiger partial charge in [-0.3, -0.25) is 0 Å². The Balaban J connectivity index is 1.54. The molecule has 1 aliphatic rings. The van der Waals surface area contributed by atoms with Crippen molar-refractivity contribution in [1.82, 2.24) is 29.8 Å². The number of benzene rings is 1. The highest BCUT2D eigenvalue weighted by molar-refractivity contribution is 6.30. The van der Waals surface area contributed by atoms with Crippen LogP contribution in [0.3, 0.4) is 0 Å². The minimum atomic E-state index is 0.0283. The molecule has 1 aliphatic carbocycles. The molecular weight excluding hydrogens is 376 g/mol. The van der Waals surface area contributed by atoms with Gasteiger partial charge in [0.15, 0.2) is 11.6 Å². The van der Waals surface area contributed by atoms with Gasteiger partial charge in [0.25, 0.3) is 0 Å². The van der Waals surface area contributed by atoms with E-state index in [9.17, 15) is 0 Å². The zero-order valence-electron chi connectivity index (χ0n) is 16.0. The smallest absolute Gasteiger partial charge is 0.180 e. The summed E-state index contributed by atoms with van der Waals surface area (Å²) in [6.07, 6.45) is 6.05. The van der Waals surface area contributed by atoms with Crippen LogP contribution < -0.4 is 0 Å². The van der Waals surface area contributed by atoms with E-state index in [0.717, 1.165) is 42.0 Å². The summed E-state index contributed by atoms with van der Waals surface area (Å²) in [5.74, 6) is 2.92. The lowest BCUT2D eigenvalue weighted by Gasteiger charge is -2.10. The van der Waals surface area contributed by atoms with E-state index in [1.54, 1.807) is 4.68 Å². The van der Waals surface area contributed by atoms with E-state index in [2.05, 4.69) is 17.2 Å². The maximum Gasteiger partial charge on any atom is 0.180 e. The minimum Gasteiger partial charge on any atom is -0.394 e. The summed E-state index contributed by atoms with van der Waals surface area (Å²) in [6, 6.07) is 7.89. The summed E-state index contributed by atoms with van der Waals surface area (Å²) in [6.45, 7) is 3.56. The SMILES string of the molecule is CC(Cn1nc(CCc2ccc(Cl)cc2)nc1-c1cn(CCO)nn1)C1CC1. The molecule has 0 bridgehead atoms. The van der Waals surface area contributed by atoms with E-state index in [-0.39, 0.29) is 6.61 Å². The Morgan fingerprint density at radius 2 is 2.00 bits per heavy atom. The molecule has 0 radical (unpaired) electrons. The van der Waals surface area contributed by atoms with Gasteiger partial charge < -0.3 is 5.11 Å². The van der Waals surface area contributed by atoms with Crippen molar-refractivity contribution in [2.75, 3.05) is 6.61 Å². The molecule has 0 spiro atoms. The Morgan fingerprint density at radius 3 is 2.71 bits per heavy atom. The molecule has 1 fully saturated rings. The molecule has 1 unspecified atom stereocenters. The maximum absolute atomic E-state index is 9.11. The second-order valence-electron chi connectivity index (χ2n) is 7.57. The van der Waals surface area contributed by atoms with Gasteiger partial charge in [0.2, 0.25) is 0 Å². The molecule has 2 heterocycles. The van der Waals surface area contributed by atoms with Gasteiger partial charge in [-0.2, -0.15) is 5.10 Å². The largest absolute Gasteiger partial charge is 0.394 e. The molecule has 0 amide bonds. The van der Waals surface area contributed by atoms with Crippen LogP contribution in [-0.2, 0) is 25.9 Å². The first-order valence-electron chi connectivity index (χ1n) is 9.82. The number of hydrogen-bond acceptors (Lipinski definition) is 5. The number of aliphatic hydroxyl groups excluding tert-OH is 1. The summed E-state index contributed by atoms with van der Waals surface area (Å²) in [5.41, 5.74) is 1.91. The minimum absolute atomic E-state index is 0.0283. The molecule has 3 aromatic rings. The first kappa shape index (κ1) is 19.1. The Morgan fingerprint density at radius 1 is 1.21 bits per heavy atom. The molecule has 0 aliphatic heterocycles. The number of nitrogens with zero attached hydrogens (tertiary/aromatic N) is 6. The average Bonchev–Trinajstić information content (AvgIpc) is 3.32. The molecule has 8 heteroatoms. The molecule has 4 rings (SSSR count). The van der Waals surface area contributed by atoms with Crippen molar-refractivity contribution < 1.29 is 5.11 Å². The first-order valence-corrected chi connectivity index (χ1v) is 10.2. The van der Waals surface area contributed by atoms with Gasteiger partial charge >= 0.3 is 0 Å². The molecule has 1 saturated carbocycles. The Kier molecular flexibility index (Phi) is 5.73. The van der Waals surface area contributed by atoms with Gasteiger partial charge in [0, 0.05) is 18.0 Å². The third kappa shape index (κ3) is 4.59. The van der Waals surface area contributed by atoms with Crippen LogP contribution >= 0.6 is 11.6 Å². The van der Waals surface area contributed by atoms with Gasteiger partial charge in [-0.25, -0.2) is 14.3 Å². The van der Waals surface area contributed by atoms with Crippen molar-refractivity contribution in [1.29, 1.82) is 0 Å². The van der Waals surface area contributed by atoms with Crippen LogP contribution in [-0.4, -0.2) is 41.5 Å². The lowest BCUT2D eigenvalue weighted by molar-refractivity contribution is 0.268. The predicted octanol–water partition coefficient (Wildman–Crippen LogP) is 3.01. The van der Waals surface area contributed by atoms with Gasteiger partial charge in [-0.1, -0.05) is 35.9 Å². The molecule has 1 N–H and O–H groups in total. The fourth-order valence-corrected chi connectivity index (χ4v) is 3.54. The van der Waals surface area contributed by atoms with Gasteiger partial charge in [0.1, 0.15) is 5.69 Å². The first-order chi connectivity index (χ1) is 13.6. The van der Waals surface area contributed by atoms with Gasteiger partial charge in [-0.05, 0) is 48.8 Å². The standard InChI is InChI=1S/C20H25ClN6O/c1-14(16-5-6-16)12-27-20(18-13-26(10-11-28)25-23-18)22-19(24-27)9-4-15-2-7-17(21)8-3-15/h2-3,7-8,13-14,16,28H,4-6,9-12H2,1H3. The third-order valence-corrected chi connectivity index (χ3v) is 5.50. The average molecular weight is 401 g/mol. The van der Waals surface area contributed by atoms with Crippen LogP contribution in [0.15, 0.2) is 30.5 Å². The van der Waals surface area contributed by atoms with Crippen molar-refractivity contribution >= 4 is 11.6 Å². The summed E-state index contributed by atoms with van der Waals surface area (Å²) < 4.78 is 3.61. The molecule has 2 aromatic heterocycles. The van der Waals surface area contributed by atoms with Gasteiger partial charge in [-0.15, -0.1) is 5.10 Å². The van der Waals surface area contributed by atoms with E-state index < -0.39 is 0 Å². The van der Waals surface area contributed by atoms with Crippen LogP contribution in [0.1, 0.15) is 31.2 Å². The lowest BCUT2D eigenvalue weighted by Crippen LogP contribution is -2.12. The number of aromatic nitrogens is 6. The van der Waals surface area contributed by atoms with Crippen molar-refractivity contribution in [3.63, 3.8) is 0 Å². The van der Waals surface area contributed by atoms with Crippen molar-refractivity contribution in [3.8, 4) is 11.5 Å². The van der Waals surface area contributed by atoms with Crippen LogP contribution in [0.2, 0.25) is 5.02 Å². The number of aryl methyl sites for hydroxylation is 2.